The van der Waals surface area contributed by atoms with Crippen molar-refractivity contribution >= 4 is 5.95 Å². The zero-order valence-corrected chi connectivity index (χ0v) is 8.20. The first-order valence-electron chi connectivity index (χ1n) is 4.50. The summed E-state index contributed by atoms with van der Waals surface area (Å²) in [5.41, 5.74) is 6.58. The molecule has 0 aliphatic heterocycles. The first-order valence-corrected chi connectivity index (χ1v) is 4.50. The molecule has 1 rings (SSSR count). The fraction of sp³-hybridized carbons (Fsp3) is 0.556. The van der Waals surface area contributed by atoms with Gasteiger partial charge in [-0.05, 0) is 12.0 Å². The number of rotatable bonds is 4. The van der Waals surface area contributed by atoms with E-state index in [-0.39, 0.29) is 0 Å². The molecule has 0 radical (unpaired) electrons. The second-order valence-electron chi connectivity index (χ2n) is 2.96. The lowest BCUT2D eigenvalue weighted by Gasteiger charge is -2.15. The molecule has 2 N–H and O–H groups in total. The van der Waals surface area contributed by atoms with E-state index in [9.17, 15) is 0 Å². The van der Waals surface area contributed by atoms with Gasteiger partial charge < -0.3 is 10.6 Å². The van der Waals surface area contributed by atoms with Crippen LogP contribution in [0.5, 0.6) is 0 Å². The van der Waals surface area contributed by atoms with Crippen LogP contribution in [0.15, 0.2) is 12.4 Å². The number of nitrogens with two attached hydrogens (primary N) is 1. The standard InChI is InChI=1S/C9H16N4/c1-3-8-6-11-9(12-7-8)13(2)5-4-10/h6-7H,3-5,10H2,1-2H3. The summed E-state index contributed by atoms with van der Waals surface area (Å²) in [7, 11) is 1.94. The molecule has 1 aromatic rings. The lowest BCUT2D eigenvalue weighted by atomic mass is 10.3. The molecule has 0 bridgehead atoms. The highest BCUT2D eigenvalue weighted by molar-refractivity contribution is 5.28. The van der Waals surface area contributed by atoms with Gasteiger partial charge in [0.2, 0.25) is 5.95 Å². The van der Waals surface area contributed by atoms with E-state index in [4.69, 9.17) is 5.73 Å². The lowest BCUT2D eigenvalue weighted by Crippen LogP contribution is -2.26. The van der Waals surface area contributed by atoms with Gasteiger partial charge in [-0.1, -0.05) is 6.92 Å². The van der Waals surface area contributed by atoms with E-state index in [1.165, 1.54) is 0 Å². The van der Waals surface area contributed by atoms with Crippen LogP contribution >= 0.6 is 0 Å². The number of likely N-dealkylation sites (N-methyl/N-ethyl adjacent to an activating group) is 1. The zero-order chi connectivity index (χ0) is 9.68. The van der Waals surface area contributed by atoms with E-state index >= 15 is 0 Å². The zero-order valence-electron chi connectivity index (χ0n) is 8.20. The van der Waals surface area contributed by atoms with Gasteiger partial charge in [-0.3, -0.25) is 0 Å². The molecule has 0 spiro atoms. The van der Waals surface area contributed by atoms with Gasteiger partial charge in [0.1, 0.15) is 0 Å². The van der Waals surface area contributed by atoms with Gasteiger partial charge in [0.15, 0.2) is 0 Å². The van der Waals surface area contributed by atoms with Gasteiger partial charge >= 0.3 is 0 Å². The van der Waals surface area contributed by atoms with Crippen molar-refractivity contribution in [2.24, 2.45) is 5.73 Å². The number of nitrogens with zero attached hydrogens (tertiary/aromatic N) is 3. The van der Waals surface area contributed by atoms with Crippen molar-refractivity contribution in [1.82, 2.24) is 9.97 Å². The van der Waals surface area contributed by atoms with Crippen LogP contribution in [0.4, 0.5) is 5.95 Å². The Bertz CT molecular complexity index is 244. The first kappa shape index (κ1) is 9.92. The molecule has 0 aliphatic rings. The summed E-state index contributed by atoms with van der Waals surface area (Å²) in [5, 5.41) is 0. The summed E-state index contributed by atoms with van der Waals surface area (Å²) in [6.07, 6.45) is 4.69. The third-order valence-corrected chi connectivity index (χ3v) is 1.91. The van der Waals surface area contributed by atoms with Crippen molar-refractivity contribution in [3.8, 4) is 0 Å². The SMILES string of the molecule is CCc1cnc(N(C)CCN)nc1. The van der Waals surface area contributed by atoms with Crippen LogP contribution in [-0.2, 0) is 6.42 Å². The third kappa shape index (κ3) is 2.66. The minimum Gasteiger partial charge on any atom is -0.343 e. The molecule has 0 aliphatic carbocycles. The lowest BCUT2D eigenvalue weighted by molar-refractivity contribution is 0.841. The van der Waals surface area contributed by atoms with E-state index in [2.05, 4.69) is 16.9 Å². The van der Waals surface area contributed by atoms with Crippen LogP contribution in [0.25, 0.3) is 0 Å². The second kappa shape index (κ2) is 4.77. The van der Waals surface area contributed by atoms with E-state index < -0.39 is 0 Å². The van der Waals surface area contributed by atoms with Gasteiger partial charge in [0.25, 0.3) is 0 Å². The second-order valence-corrected chi connectivity index (χ2v) is 2.96. The highest BCUT2D eigenvalue weighted by Gasteiger charge is 2.01. The largest absolute Gasteiger partial charge is 0.343 e. The van der Waals surface area contributed by atoms with Gasteiger partial charge in [-0.2, -0.15) is 0 Å². The Morgan fingerprint density at radius 2 is 2.00 bits per heavy atom. The average Bonchev–Trinajstić information content (AvgIpc) is 2.18. The molecule has 0 saturated heterocycles. The third-order valence-electron chi connectivity index (χ3n) is 1.91. The predicted octanol–water partition coefficient (Wildman–Crippen LogP) is 0.434. The maximum absolute atomic E-state index is 5.43. The molecule has 13 heavy (non-hydrogen) atoms. The van der Waals surface area contributed by atoms with Crippen molar-refractivity contribution in [3.63, 3.8) is 0 Å². The molecule has 0 saturated carbocycles. The van der Waals surface area contributed by atoms with E-state index in [0.717, 1.165) is 24.5 Å². The minimum absolute atomic E-state index is 0.620. The van der Waals surface area contributed by atoms with Gasteiger partial charge in [-0.15, -0.1) is 0 Å². The molecular weight excluding hydrogens is 164 g/mol. The van der Waals surface area contributed by atoms with Crippen LogP contribution in [-0.4, -0.2) is 30.1 Å². The molecule has 1 heterocycles. The van der Waals surface area contributed by atoms with E-state index in [1.807, 2.05) is 24.3 Å². The van der Waals surface area contributed by atoms with Crippen LogP contribution in [0, 0.1) is 0 Å². The molecule has 0 atom stereocenters. The molecular formula is C9H16N4. The van der Waals surface area contributed by atoms with Crippen molar-refractivity contribution in [1.29, 1.82) is 0 Å². The van der Waals surface area contributed by atoms with E-state index in [1.54, 1.807) is 0 Å². The molecule has 72 valence electrons. The fourth-order valence-electron chi connectivity index (χ4n) is 1.02. The Kier molecular flexibility index (Phi) is 3.64. The minimum atomic E-state index is 0.620. The molecule has 0 fully saturated rings. The molecule has 0 aromatic carbocycles. The quantitative estimate of drug-likeness (QED) is 0.730. The maximum Gasteiger partial charge on any atom is 0.225 e. The Hall–Kier alpha value is -1.16. The Labute approximate surface area is 78.8 Å². The Balaban J connectivity index is 2.67. The average molecular weight is 180 g/mol. The maximum atomic E-state index is 5.43. The summed E-state index contributed by atoms with van der Waals surface area (Å²) >= 11 is 0. The van der Waals surface area contributed by atoms with Crippen molar-refractivity contribution < 1.29 is 0 Å². The van der Waals surface area contributed by atoms with Crippen molar-refractivity contribution in [2.75, 3.05) is 25.0 Å². The first-order chi connectivity index (χ1) is 6.27. The number of hydrogen-bond acceptors (Lipinski definition) is 4. The number of aromatic nitrogens is 2. The van der Waals surface area contributed by atoms with Gasteiger partial charge in [0, 0.05) is 32.5 Å². The molecule has 1 aromatic heterocycles. The van der Waals surface area contributed by atoms with Gasteiger partial charge in [-0.25, -0.2) is 9.97 Å². The normalized spacial score (nSPS) is 10.1. The number of aryl methyl sites for hydroxylation is 1. The topological polar surface area (TPSA) is 55.0 Å². The summed E-state index contributed by atoms with van der Waals surface area (Å²) in [5.74, 6) is 0.739. The summed E-state index contributed by atoms with van der Waals surface area (Å²) in [4.78, 5) is 10.4. The summed E-state index contributed by atoms with van der Waals surface area (Å²) < 4.78 is 0. The van der Waals surface area contributed by atoms with Crippen molar-refractivity contribution in [2.45, 2.75) is 13.3 Å². The number of hydrogen-bond donors (Lipinski definition) is 1. The van der Waals surface area contributed by atoms with Crippen molar-refractivity contribution in [3.05, 3.63) is 18.0 Å². The van der Waals surface area contributed by atoms with Crippen LogP contribution in [0.1, 0.15) is 12.5 Å². The molecule has 0 unspecified atom stereocenters. The predicted molar refractivity (Wildman–Crippen MR) is 53.7 cm³/mol. The van der Waals surface area contributed by atoms with E-state index in [0.29, 0.717) is 6.54 Å². The fourth-order valence-corrected chi connectivity index (χ4v) is 1.02. The Morgan fingerprint density at radius 3 is 2.46 bits per heavy atom. The van der Waals surface area contributed by atoms with Crippen LogP contribution in [0.3, 0.4) is 0 Å². The highest BCUT2D eigenvalue weighted by atomic mass is 15.2. The molecule has 4 heteroatoms. The Morgan fingerprint density at radius 1 is 1.38 bits per heavy atom. The molecule has 0 amide bonds. The summed E-state index contributed by atoms with van der Waals surface area (Å²) in [6.45, 7) is 3.49. The van der Waals surface area contributed by atoms with Gasteiger partial charge in [0.05, 0.1) is 0 Å². The molecule has 4 nitrogen and oxygen atoms in total. The highest BCUT2D eigenvalue weighted by Crippen LogP contribution is 2.04. The summed E-state index contributed by atoms with van der Waals surface area (Å²) in [6, 6.07) is 0. The van der Waals surface area contributed by atoms with Crippen LogP contribution < -0.4 is 10.6 Å². The monoisotopic (exact) mass is 180 g/mol. The van der Waals surface area contributed by atoms with Crippen LogP contribution in [0.2, 0.25) is 0 Å². The smallest absolute Gasteiger partial charge is 0.225 e. The number of anilines is 1.